The summed E-state index contributed by atoms with van der Waals surface area (Å²) in [5, 5.41) is 2.95. The fourth-order valence-electron chi connectivity index (χ4n) is 3.24. The summed E-state index contributed by atoms with van der Waals surface area (Å²) in [6, 6.07) is 9.25. The van der Waals surface area contributed by atoms with E-state index in [1.807, 2.05) is 32.9 Å². The van der Waals surface area contributed by atoms with Crippen molar-refractivity contribution in [2.24, 2.45) is 0 Å². The first kappa shape index (κ1) is 18.4. The van der Waals surface area contributed by atoms with Gasteiger partial charge in [-0.15, -0.1) is 0 Å². The Labute approximate surface area is 154 Å². The standard InChI is InChI=1S/C22H26FNO2/c1-4-15-12-19(23)21(11-14(15)3)26-13-18-17(16-9-10-16)7-6-8-20(18)24-22(25)5-2/h6-8,11-12,16H,4-5,9-10,13H2,1-3H3,(H,24,25). The Morgan fingerprint density at radius 2 is 2.04 bits per heavy atom. The van der Waals surface area contributed by atoms with Gasteiger partial charge in [0.2, 0.25) is 5.91 Å². The van der Waals surface area contributed by atoms with Crippen LogP contribution in [0.2, 0.25) is 0 Å². The fourth-order valence-corrected chi connectivity index (χ4v) is 3.24. The summed E-state index contributed by atoms with van der Waals surface area (Å²) in [5.41, 5.74) is 4.93. The number of amides is 1. The van der Waals surface area contributed by atoms with Crippen LogP contribution in [0, 0.1) is 12.7 Å². The molecule has 1 fully saturated rings. The minimum Gasteiger partial charge on any atom is -0.486 e. The maximum atomic E-state index is 14.4. The van der Waals surface area contributed by atoms with E-state index in [1.54, 1.807) is 12.1 Å². The predicted molar refractivity (Wildman–Crippen MR) is 102 cm³/mol. The number of anilines is 1. The van der Waals surface area contributed by atoms with E-state index in [2.05, 4.69) is 11.4 Å². The second-order valence-electron chi connectivity index (χ2n) is 6.90. The molecule has 0 aliphatic heterocycles. The van der Waals surface area contributed by atoms with Crippen LogP contribution >= 0.6 is 0 Å². The predicted octanol–water partition coefficient (Wildman–Crippen LogP) is 5.50. The Morgan fingerprint density at radius 3 is 2.69 bits per heavy atom. The third-order valence-electron chi connectivity index (χ3n) is 4.97. The van der Waals surface area contributed by atoms with Crippen molar-refractivity contribution in [2.45, 2.75) is 59.0 Å². The first-order valence-electron chi connectivity index (χ1n) is 9.36. The van der Waals surface area contributed by atoms with Gasteiger partial charge in [-0.2, -0.15) is 0 Å². The van der Waals surface area contributed by atoms with Gasteiger partial charge in [0.05, 0.1) is 0 Å². The SMILES string of the molecule is CCC(=O)Nc1cccc(C2CC2)c1COc1cc(C)c(CC)cc1F. The molecule has 1 aliphatic carbocycles. The second-order valence-corrected chi connectivity index (χ2v) is 6.90. The van der Waals surface area contributed by atoms with E-state index in [-0.39, 0.29) is 24.1 Å². The highest BCUT2D eigenvalue weighted by Gasteiger charge is 2.27. The zero-order chi connectivity index (χ0) is 18.7. The van der Waals surface area contributed by atoms with Crippen molar-refractivity contribution in [3.05, 3.63) is 58.4 Å². The molecule has 0 aromatic heterocycles. The van der Waals surface area contributed by atoms with Crippen molar-refractivity contribution in [2.75, 3.05) is 5.32 Å². The van der Waals surface area contributed by atoms with Crippen LogP contribution in [-0.2, 0) is 17.8 Å². The molecule has 2 aromatic rings. The first-order valence-corrected chi connectivity index (χ1v) is 9.36. The zero-order valence-electron chi connectivity index (χ0n) is 15.7. The lowest BCUT2D eigenvalue weighted by Crippen LogP contribution is -2.13. The number of aryl methyl sites for hydroxylation is 2. The van der Waals surface area contributed by atoms with Crippen LogP contribution in [0.1, 0.15) is 61.3 Å². The van der Waals surface area contributed by atoms with Crippen LogP contribution in [0.15, 0.2) is 30.3 Å². The molecule has 0 spiro atoms. The summed E-state index contributed by atoms with van der Waals surface area (Å²) in [5.74, 6) is 0.406. The lowest BCUT2D eigenvalue weighted by molar-refractivity contribution is -0.115. The summed E-state index contributed by atoms with van der Waals surface area (Å²) in [7, 11) is 0. The van der Waals surface area contributed by atoms with Gasteiger partial charge in [-0.25, -0.2) is 4.39 Å². The summed E-state index contributed by atoms with van der Waals surface area (Å²) in [6.07, 6.45) is 3.51. The van der Waals surface area contributed by atoms with Gasteiger partial charge in [-0.3, -0.25) is 4.79 Å². The average molecular weight is 355 g/mol. The van der Waals surface area contributed by atoms with Gasteiger partial charge in [0.15, 0.2) is 11.6 Å². The average Bonchev–Trinajstić information content (AvgIpc) is 3.47. The highest BCUT2D eigenvalue weighted by Crippen LogP contribution is 2.43. The number of hydrogen-bond acceptors (Lipinski definition) is 2. The number of ether oxygens (including phenoxy) is 1. The largest absolute Gasteiger partial charge is 0.486 e. The van der Waals surface area contributed by atoms with Crippen molar-refractivity contribution in [1.29, 1.82) is 0 Å². The summed E-state index contributed by atoms with van der Waals surface area (Å²) in [4.78, 5) is 11.9. The molecule has 1 aliphatic rings. The van der Waals surface area contributed by atoms with Crippen LogP contribution in [0.25, 0.3) is 0 Å². The van der Waals surface area contributed by atoms with E-state index in [4.69, 9.17) is 4.74 Å². The molecule has 2 aromatic carbocycles. The van der Waals surface area contributed by atoms with Gasteiger partial charge in [0.1, 0.15) is 6.61 Å². The van der Waals surface area contributed by atoms with Gasteiger partial charge >= 0.3 is 0 Å². The van der Waals surface area contributed by atoms with Crippen LogP contribution in [0.5, 0.6) is 5.75 Å². The number of rotatable bonds is 7. The van der Waals surface area contributed by atoms with Crippen molar-refractivity contribution in [1.82, 2.24) is 0 Å². The Bertz CT molecular complexity index is 812. The fraction of sp³-hybridized carbons (Fsp3) is 0.409. The zero-order valence-corrected chi connectivity index (χ0v) is 15.7. The Balaban J connectivity index is 1.87. The second kappa shape index (κ2) is 7.90. The van der Waals surface area contributed by atoms with Crippen LogP contribution in [0.4, 0.5) is 10.1 Å². The molecule has 1 amide bonds. The number of halogens is 1. The topological polar surface area (TPSA) is 38.3 Å². The van der Waals surface area contributed by atoms with E-state index in [0.29, 0.717) is 12.3 Å². The molecule has 1 N–H and O–H groups in total. The minimum atomic E-state index is -0.338. The maximum absolute atomic E-state index is 14.4. The van der Waals surface area contributed by atoms with Crippen molar-refractivity contribution >= 4 is 11.6 Å². The molecule has 4 heteroatoms. The van der Waals surface area contributed by atoms with Gasteiger partial charge in [-0.1, -0.05) is 26.0 Å². The molecule has 3 rings (SSSR count). The molecule has 0 heterocycles. The number of carbonyl (C=O) groups excluding carboxylic acids is 1. The summed E-state index contributed by atoms with van der Waals surface area (Å²) < 4.78 is 20.2. The first-order chi connectivity index (χ1) is 12.5. The molecule has 0 radical (unpaired) electrons. The van der Waals surface area contributed by atoms with Gasteiger partial charge in [0, 0.05) is 17.7 Å². The van der Waals surface area contributed by atoms with E-state index < -0.39 is 0 Å². The molecule has 138 valence electrons. The number of nitrogens with one attached hydrogen (secondary N) is 1. The number of hydrogen-bond donors (Lipinski definition) is 1. The summed E-state index contributed by atoms with van der Waals surface area (Å²) in [6.45, 7) is 6.05. The highest BCUT2D eigenvalue weighted by molar-refractivity contribution is 5.91. The van der Waals surface area contributed by atoms with E-state index >= 15 is 0 Å². The van der Waals surface area contributed by atoms with Gasteiger partial charge in [-0.05, 0) is 67.0 Å². The Hall–Kier alpha value is -2.36. The quantitative estimate of drug-likeness (QED) is 0.712. The van der Waals surface area contributed by atoms with E-state index in [0.717, 1.165) is 41.6 Å². The molecule has 0 atom stereocenters. The Kier molecular flexibility index (Phi) is 5.60. The van der Waals surface area contributed by atoms with E-state index in [1.165, 1.54) is 5.56 Å². The van der Waals surface area contributed by atoms with Crippen LogP contribution < -0.4 is 10.1 Å². The number of carbonyl (C=O) groups is 1. The normalized spacial score (nSPS) is 13.5. The molecule has 0 saturated heterocycles. The van der Waals surface area contributed by atoms with Crippen LogP contribution in [-0.4, -0.2) is 5.91 Å². The highest BCUT2D eigenvalue weighted by atomic mass is 19.1. The molecule has 26 heavy (non-hydrogen) atoms. The molecule has 1 saturated carbocycles. The van der Waals surface area contributed by atoms with Crippen molar-refractivity contribution < 1.29 is 13.9 Å². The molecule has 0 unspecified atom stereocenters. The smallest absolute Gasteiger partial charge is 0.224 e. The van der Waals surface area contributed by atoms with Gasteiger partial charge < -0.3 is 10.1 Å². The molecule has 0 bridgehead atoms. The van der Waals surface area contributed by atoms with Gasteiger partial charge in [0.25, 0.3) is 0 Å². The van der Waals surface area contributed by atoms with Crippen molar-refractivity contribution in [3.63, 3.8) is 0 Å². The van der Waals surface area contributed by atoms with Crippen molar-refractivity contribution in [3.8, 4) is 5.75 Å². The molecular weight excluding hydrogens is 329 g/mol. The lowest BCUT2D eigenvalue weighted by Gasteiger charge is -2.17. The van der Waals surface area contributed by atoms with E-state index in [9.17, 15) is 9.18 Å². The molecule has 3 nitrogen and oxygen atoms in total. The lowest BCUT2D eigenvalue weighted by atomic mass is 10.0. The Morgan fingerprint density at radius 1 is 1.27 bits per heavy atom. The monoisotopic (exact) mass is 355 g/mol. The number of benzene rings is 2. The molecular formula is C22H26FNO2. The minimum absolute atomic E-state index is 0.0338. The third-order valence-corrected chi connectivity index (χ3v) is 4.97. The third kappa shape index (κ3) is 4.06. The van der Waals surface area contributed by atoms with Crippen LogP contribution in [0.3, 0.4) is 0 Å². The maximum Gasteiger partial charge on any atom is 0.224 e. The summed E-state index contributed by atoms with van der Waals surface area (Å²) >= 11 is 0.